The maximum Gasteiger partial charge on any atom is 0.251 e. The summed E-state index contributed by atoms with van der Waals surface area (Å²) in [6.07, 6.45) is 6.00. The smallest absolute Gasteiger partial charge is 0.251 e. The molecule has 2 rings (SSSR count). The molecule has 2 amide bonds. The van der Waals surface area contributed by atoms with Crippen LogP contribution in [0.3, 0.4) is 0 Å². The van der Waals surface area contributed by atoms with Gasteiger partial charge in [0.25, 0.3) is 5.91 Å². The van der Waals surface area contributed by atoms with Crippen molar-refractivity contribution in [3.8, 4) is 5.75 Å². The van der Waals surface area contributed by atoms with Crippen molar-refractivity contribution in [3.63, 3.8) is 0 Å². The molecule has 0 aliphatic rings. The minimum absolute atomic E-state index is 0.0516. The van der Waals surface area contributed by atoms with Crippen LogP contribution in [0.1, 0.15) is 63.2 Å². The number of anilines is 2. The van der Waals surface area contributed by atoms with Gasteiger partial charge in [-0.1, -0.05) is 44.7 Å². The van der Waals surface area contributed by atoms with Gasteiger partial charge in [-0.25, -0.2) is 0 Å². The van der Waals surface area contributed by atoms with Crippen LogP contribution in [0.2, 0.25) is 0 Å². The molecule has 0 fully saturated rings. The number of nitrogens with one attached hydrogen (secondary N) is 3. The van der Waals surface area contributed by atoms with E-state index in [2.05, 4.69) is 22.9 Å². The molecule has 0 aliphatic carbocycles. The van der Waals surface area contributed by atoms with Crippen molar-refractivity contribution in [1.82, 2.24) is 5.32 Å². The Morgan fingerprint density at radius 2 is 1.68 bits per heavy atom. The lowest BCUT2D eigenvalue weighted by Gasteiger charge is -2.12. The van der Waals surface area contributed by atoms with Crippen molar-refractivity contribution >= 4 is 23.2 Å². The highest BCUT2D eigenvalue weighted by molar-refractivity contribution is 5.98. The molecule has 2 aromatic carbocycles. The summed E-state index contributed by atoms with van der Waals surface area (Å²) >= 11 is 0. The second-order valence-corrected chi connectivity index (χ2v) is 7.90. The van der Waals surface area contributed by atoms with E-state index in [1.807, 2.05) is 38.1 Å². The molecular weight excluding hydrogens is 390 g/mol. The number of benzene rings is 2. The van der Waals surface area contributed by atoms with Gasteiger partial charge in [-0.15, -0.1) is 0 Å². The van der Waals surface area contributed by atoms with Gasteiger partial charge >= 0.3 is 0 Å². The molecule has 0 saturated carbocycles. The van der Waals surface area contributed by atoms with Crippen molar-refractivity contribution in [2.45, 2.75) is 58.9 Å². The van der Waals surface area contributed by atoms with E-state index in [0.29, 0.717) is 17.9 Å². The van der Waals surface area contributed by atoms with Crippen molar-refractivity contribution in [3.05, 3.63) is 54.1 Å². The van der Waals surface area contributed by atoms with Crippen molar-refractivity contribution < 1.29 is 14.3 Å². The molecule has 0 aliphatic heterocycles. The maximum absolute atomic E-state index is 12.3. The lowest BCUT2D eigenvalue weighted by molar-refractivity contribution is -0.114. The van der Waals surface area contributed by atoms with E-state index in [4.69, 9.17) is 4.74 Å². The van der Waals surface area contributed by atoms with Gasteiger partial charge < -0.3 is 20.7 Å². The summed E-state index contributed by atoms with van der Waals surface area (Å²) in [6, 6.07) is 14.6. The normalized spacial score (nSPS) is 10.6. The zero-order valence-corrected chi connectivity index (χ0v) is 18.9. The Kier molecular flexibility index (Phi) is 10.4. The van der Waals surface area contributed by atoms with Gasteiger partial charge in [-0.3, -0.25) is 9.59 Å². The lowest BCUT2D eigenvalue weighted by atomic mass is 10.1. The second-order valence-electron chi connectivity index (χ2n) is 7.90. The highest BCUT2D eigenvalue weighted by Gasteiger charge is 2.09. The highest BCUT2D eigenvalue weighted by atomic mass is 16.5. The first-order valence-corrected chi connectivity index (χ1v) is 11.2. The monoisotopic (exact) mass is 425 g/mol. The number of carbonyl (C=O) groups is 2. The molecule has 0 atom stereocenters. The Hall–Kier alpha value is -3.02. The molecule has 2 aromatic rings. The highest BCUT2D eigenvalue weighted by Crippen LogP contribution is 2.18. The topological polar surface area (TPSA) is 79.5 Å². The summed E-state index contributed by atoms with van der Waals surface area (Å²) < 4.78 is 5.81. The van der Waals surface area contributed by atoms with E-state index in [1.165, 1.54) is 25.7 Å². The third-order valence-electron chi connectivity index (χ3n) is 4.63. The fraction of sp³-hybridized carbons (Fsp3) is 0.440. The van der Waals surface area contributed by atoms with E-state index in [-0.39, 0.29) is 24.4 Å². The zero-order valence-electron chi connectivity index (χ0n) is 18.9. The summed E-state index contributed by atoms with van der Waals surface area (Å²) in [5.74, 6) is 0.444. The van der Waals surface area contributed by atoms with Crippen LogP contribution in [0, 0.1) is 0 Å². The number of hydrogen-bond donors (Lipinski definition) is 3. The van der Waals surface area contributed by atoms with Crippen LogP contribution in [0.4, 0.5) is 11.4 Å². The van der Waals surface area contributed by atoms with Gasteiger partial charge in [-0.2, -0.15) is 0 Å². The summed E-state index contributed by atoms with van der Waals surface area (Å²) in [5, 5.41) is 8.78. The van der Waals surface area contributed by atoms with Gasteiger partial charge in [0, 0.05) is 29.0 Å². The number of ether oxygens (including phenoxy) is 1. The lowest BCUT2D eigenvalue weighted by Crippen LogP contribution is -2.30. The van der Waals surface area contributed by atoms with Gasteiger partial charge in [0.1, 0.15) is 5.75 Å². The first-order valence-electron chi connectivity index (χ1n) is 11.2. The largest absolute Gasteiger partial charge is 0.494 e. The summed E-state index contributed by atoms with van der Waals surface area (Å²) in [5.41, 5.74) is 1.92. The predicted octanol–water partition coefficient (Wildman–Crippen LogP) is 5.22. The Morgan fingerprint density at radius 1 is 0.935 bits per heavy atom. The first kappa shape index (κ1) is 24.3. The molecule has 6 heteroatoms. The van der Waals surface area contributed by atoms with Crippen molar-refractivity contribution in [2.75, 3.05) is 23.8 Å². The van der Waals surface area contributed by atoms with Crippen LogP contribution < -0.4 is 20.7 Å². The number of carbonyl (C=O) groups excluding carboxylic acids is 2. The molecule has 0 saturated heterocycles. The molecular formula is C25H35N3O3. The summed E-state index contributed by atoms with van der Waals surface area (Å²) in [7, 11) is 0. The minimum atomic E-state index is -0.191. The number of amides is 2. The molecule has 0 heterocycles. The molecule has 0 unspecified atom stereocenters. The SMILES string of the molecule is CCCCCCCOc1cccc(NCC(=O)Nc2cccc(C(=O)NC(C)C)c2)c1. The average Bonchev–Trinajstić information content (AvgIpc) is 2.75. The Balaban J connectivity index is 1.79. The predicted molar refractivity (Wildman–Crippen MR) is 127 cm³/mol. The summed E-state index contributed by atoms with van der Waals surface area (Å²) in [6.45, 7) is 6.84. The Labute approximate surface area is 185 Å². The van der Waals surface area contributed by atoms with Gasteiger partial charge in [0.2, 0.25) is 5.91 Å². The van der Waals surface area contributed by atoms with Crippen LogP contribution in [-0.2, 0) is 4.79 Å². The third kappa shape index (κ3) is 9.55. The van der Waals surface area contributed by atoms with Gasteiger partial charge in [0.15, 0.2) is 0 Å². The number of unbranched alkanes of at least 4 members (excludes halogenated alkanes) is 4. The Bertz CT molecular complexity index is 836. The minimum Gasteiger partial charge on any atom is -0.494 e. The van der Waals surface area contributed by atoms with E-state index in [1.54, 1.807) is 24.3 Å². The van der Waals surface area contributed by atoms with E-state index >= 15 is 0 Å². The summed E-state index contributed by atoms with van der Waals surface area (Å²) in [4.78, 5) is 24.4. The molecule has 0 aromatic heterocycles. The van der Waals surface area contributed by atoms with E-state index < -0.39 is 0 Å². The van der Waals surface area contributed by atoms with E-state index in [0.717, 1.165) is 17.9 Å². The van der Waals surface area contributed by atoms with Crippen molar-refractivity contribution in [2.24, 2.45) is 0 Å². The molecule has 31 heavy (non-hydrogen) atoms. The standard InChI is InChI=1S/C25H35N3O3/c1-4-5-6-7-8-15-31-23-14-10-12-21(17-23)26-18-24(29)28-22-13-9-11-20(16-22)25(30)27-19(2)3/h9-14,16-17,19,26H,4-8,15,18H2,1-3H3,(H,27,30)(H,28,29). The molecule has 3 N–H and O–H groups in total. The number of rotatable bonds is 13. The fourth-order valence-electron chi connectivity index (χ4n) is 3.06. The third-order valence-corrected chi connectivity index (χ3v) is 4.63. The maximum atomic E-state index is 12.3. The molecule has 0 bridgehead atoms. The van der Waals surface area contributed by atoms with E-state index in [9.17, 15) is 9.59 Å². The molecule has 6 nitrogen and oxygen atoms in total. The molecule has 168 valence electrons. The zero-order chi connectivity index (χ0) is 22.5. The Morgan fingerprint density at radius 3 is 2.45 bits per heavy atom. The number of hydrogen-bond acceptors (Lipinski definition) is 4. The van der Waals surface area contributed by atoms with Crippen LogP contribution in [0.15, 0.2) is 48.5 Å². The van der Waals surface area contributed by atoms with Crippen LogP contribution >= 0.6 is 0 Å². The van der Waals surface area contributed by atoms with Crippen LogP contribution in [-0.4, -0.2) is 31.0 Å². The molecule has 0 spiro atoms. The quantitative estimate of drug-likeness (QED) is 0.384. The molecule has 0 radical (unpaired) electrons. The van der Waals surface area contributed by atoms with Crippen LogP contribution in [0.5, 0.6) is 5.75 Å². The fourth-order valence-corrected chi connectivity index (χ4v) is 3.06. The van der Waals surface area contributed by atoms with Crippen LogP contribution in [0.25, 0.3) is 0 Å². The van der Waals surface area contributed by atoms with Crippen molar-refractivity contribution in [1.29, 1.82) is 0 Å². The first-order chi connectivity index (χ1) is 15.0. The van der Waals surface area contributed by atoms with Gasteiger partial charge in [-0.05, 0) is 50.6 Å². The second kappa shape index (κ2) is 13.3. The average molecular weight is 426 g/mol. The van der Waals surface area contributed by atoms with Gasteiger partial charge in [0.05, 0.1) is 13.2 Å².